The highest BCUT2D eigenvalue weighted by Crippen LogP contribution is 2.42. The second-order valence-corrected chi connectivity index (χ2v) is 8.69. The van der Waals surface area contributed by atoms with Crippen molar-refractivity contribution in [3.8, 4) is 0 Å². The zero-order valence-corrected chi connectivity index (χ0v) is 18.6. The number of hydrogen-bond acceptors (Lipinski definition) is 9. The van der Waals surface area contributed by atoms with E-state index in [9.17, 15) is 10.1 Å². The monoisotopic (exact) mass is 524 g/mol. The molecule has 0 heterocycles. The van der Waals surface area contributed by atoms with E-state index in [1.54, 1.807) is 6.08 Å². The Bertz CT molecular complexity index is 752. The summed E-state index contributed by atoms with van der Waals surface area (Å²) >= 11 is 8.45. The summed E-state index contributed by atoms with van der Waals surface area (Å²) in [4.78, 5) is 11.4. The maximum absolute atomic E-state index is 11.8. The molecule has 1 saturated carbocycles. The Morgan fingerprint density at radius 1 is 1.38 bits per heavy atom. The SMILES string of the molecule is C=C1C(Br)=CC(N)=C([C@@H]2C(=NSN)C(C)C(Br)CC2[N+](=O)[O-])C1=NSN. The van der Waals surface area contributed by atoms with E-state index in [1.807, 2.05) is 6.92 Å². The van der Waals surface area contributed by atoms with E-state index in [2.05, 4.69) is 47.2 Å². The molecule has 6 N–H and O–H groups in total. The minimum Gasteiger partial charge on any atom is -0.398 e. The fourth-order valence-corrected chi connectivity index (χ4v) is 4.99. The molecule has 0 amide bonds. The number of nitro groups is 1. The zero-order valence-electron chi connectivity index (χ0n) is 13.8. The second kappa shape index (κ2) is 9.02. The highest BCUT2D eigenvalue weighted by molar-refractivity contribution is 9.12. The minimum atomic E-state index is -0.930. The molecule has 2 aliphatic carbocycles. The molecule has 8 nitrogen and oxygen atoms in total. The molecule has 0 aliphatic heterocycles. The van der Waals surface area contributed by atoms with Gasteiger partial charge in [-0.05, 0) is 6.08 Å². The molecular weight excluding hydrogens is 508 g/mol. The van der Waals surface area contributed by atoms with Crippen LogP contribution in [0.1, 0.15) is 13.3 Å². The first-order valence-corrected chi connectivity index (χ1v) is 10.8. The van der Waals surface area contributed by atoms with Gasteiger partial charge in [-0.3, -0.25) is 20.4 Å². The van der Waals surface area contributed by atoms with Gasteiger partial charge in [-0.2, -0.15) is 4.40 Å². The van der Waals surface area contributed by atoms with Crippen LogP contribution in [0.25, 0.3) is 0 Å². The molecule has 12 heteroatoms. The minimum absolute atomic E-state index is 0.0676. The van der Waals surface area contributed by atoms with E-state index in [4.69, 9.17) is 16.0 Å². The van der Waals surface area contributed by atoms with Gasteiger partial charge in [0, 0.05) is 49.1 Å². The molecule has 2 aliphatic rings. The van der Waals surface area contributed by atoms with Crippen molar-refractivity contribution >= 4 is 67.6 Å². The van der Waals surface area contributed by atoms with Crippen molar-refractivity contribution in [2.75, 3.05) is 0 Å². The van der Waals surface area contributed by atoms with Crippen LogP contribution in [0.2, 0.25) is 0 Å². The summed E-state index contributed by atoms with van der Waals surface area (Å²) < 4.78 is 9.19. The van der Waals surface area contributed by atoms with E-state index >= 15 is 0 Å². The van der Waals surface area contributed by atoms with Gasteiger partial charge in [0.15, 0.2) is 0 Å². The Balaban J connectivity index is 2.74. The van der Waals surface area contributed by atoms with E-state index in [0.29, 0.717) is 39.2 Å². The Hall–Kier alpha value is -0.660. The molecule has 0 spiro atoms. The van der Waals surface area contributed by atoms with Crippen LogP contribution in [0.4, 0.5) is 0 Å². The van der Waals surface area contributed by atoms with Crippen LogP contribution in [0.15, 0.2) is 42.8 Å². The molecule has 3 unspecified atom stereocenters. The maximum atomic E-state index is 11.8. The van der Waals surface area contributed by atoms with Crippen LogP contribution >= 0.6 is 56.1 Å². The molecule has 1 fully saturated rings. The maximum Gasteiger partial charge on any atom is 0.226 e. The summed E-state index contributed by atoms with van der Waals surface area (Å²) in [7, 11) is 0. The normalized spacial score (nSPS) is 33.0. The van der Waals surface area contributed by atoms with Gasteiger partial charge in [-0.25, -0.2) is 4.40 Å². The molecule has 142 valence electrons. The van der Waals surface area contributed by atoms with Crippen molar-refractivity contribution in [1.29, 1.82) is 0 Å². The van der Waals surface area contributed by atoms with Crippen LogP contribution in [0.3, 0.4) is 0 Å². The van der Waals surface area contributed by atoms with Gasteiger partial charge in [-0.15, -0.1) is 0 Å². The number of nitrogens with zero attached hydrogens (tertiary/aromatic N) is 3. The van der Waals surface area contributed by atoms with Crippen molar-refractivity contribution in [1.82, 2.24) is 0 Å². The number of allylic oxidation sites excluding steroid dienone is 3. The lowest BCUT2D eigenvalue weighted by Gasteiger charge is -2.37. The van der Waals surface area contributed by atoms with Gasteiger partial charge in [-0.1, -0.05) is 45.4 Å². The lowest BCUT2D eigenvalue weighted by molar-refractivity contribution is -0.528. The summed E-state index contributed by atoms with van der Waals surface area (Å²) in [6, 6.07) is -0.930. The van der Waals surface area contributed by atoms with Crippen molar-refractivity contribution in [3.05, 3.63) is 44.1 Å². The predicted octanol–water partition coefficient (Wildman–Crippen LogP) is 3.04. The van der Waals surface area contributed by atoms with Gasteiger partial charge in [0.05, 0.1) is 35.9 Å². The standard InChI is InChI=1S/C14H18Br2N6O2S2/c1-5-7(15)3-9(17)11(13(5)20-25-18)12-10(22(23)24)4-8(16)6(2)14(12)21-26-19/h3,6,8,10,12H,1,4,17-19H2,2H3/t6?,8?,10?,12-/m1/s1. The topological polar surface area (TPSA) is 146 Å². The van der Waals surface area contributed by atoms with Crippen molar-refractivity contribution in [2.45, 2.75) is 24.2 Å². The summed E-state index contributed by atoms with van der Waals surface area (Å²) in [5, 5.41) is 22.9. The van der Waals surface area contributed by atoms with Crippen LogP contribution in [0.5, 0.6) is 0 Å². The molecule has 2 rings (SSSR count). The molecule has 0 aromatic carbocycles. The average molecular weight is 526 g/mol. The molecular formula is C14H18Br2N6O2S2. The average Bonchev–Trinajstić information content (AvgIpc) is 2.57. The van der Waals surface area contributed by atoms with Crippen LogP contribution < -0.4 is 16.0 Å². The molecule has 0 saturated heterocycles. The summed E-state index contributed by atoms with van der Waals surface area (Å²) in [6.45, 7) is 5.95. The Labute approximate surface area is 176 Å². The van der Waals surface area contributed by atoms with Gasteiger partial charge < -0.3 is 5.73 Å². The highest BCUT2D eigenvalue weighted by atomic mass is 79.9. The van der Waals surface area contributed by atoms with E-state index < -0.39 is 12.0 Å². The van der Waals surface area contributed by atoms with Crippen molar-refractivity contribution in [2.24, 2.45) is 36.6 Å². The first-order valence-electron chi connectivity index (χ1n) is 7.46. The van der Waals surface area contributed by atoms with E-state index in [0.717, 1.165) is 24.3 Å². The van der Waals surface area contributed by atoms with Gasteiger partial charge in [0.2, 0.25) is 6.04 Å². The fraction of sp³-hybridized carbons (Fsp3) is 0.429. The fourth-order valence-electron chi connectivity index (χ4n) is 3.18. The number of nitrogens with two attached hydrogens (primary N) is 3. The molecule has 0 aromatic rings. The van der Waals surface area contributed by atoms with Crippen LogP contribution in [-0.2, 0) is 0 Å². The number of rotatable bonds is 4. The van der Waals surface area contributed by atoms with Gasteiger partial charge >= 0.3 is 0 Å². The number of hydrogen-bond donors (Lipinski definition) is 3. The summed E-state index contributed by atoms with van der Waals surface area (Å²) in [6.07, 6.45) is 2.00. The first-order chi connectivity index (χ1) is 12.2. The van der Waals surface area contributed by atoms with Crippen LogP contribution in [0, 0.1) is 22.0 Å². The molecule has 4 atom stereocenters. The largest absolute Gasteiger partial charge is 0.398 e. The molecule has 0 aromatic heterocycles. The first kappa shape index (κ1) is 21.6. The van der Waals surface area contributed by atoms with Crippen molar-refractivity contribution < 1.29 is 4.92 Å². The number of halogens is 2. The Morgan fingerprint density at radius 3 is 2.54 bits per heavy atom. The third-order valence-electron chi connectivity index (χ3n) is 4.49. The van der Waals surface area contributed by atoms with Crippen LogP contribution in [-0.4, -0.2) is 27.2 Å². The second-order valence-electron chi connectivity index (χ2n) is 5.88. The summed E-state index contributed by atoms with van der Waals surface area (Å²) in [5.74, 6) is -0.744. The zero-order chi connectivity index (χ0) is 19.6. The number of alkyl halides is 1. The Kier molecular flexibility index (Phi) is 7.51. The lowest BCUT2D eigenvalue weighted by atomic mass is 9.70. The predicted molar refractivity (Wildman–Crippen MR) is 117 cm³/mol. The van der Waals surface area contributed by atoms with E-state index in [1.165, 1.54) is 0 Å². The quantitative estimate of drug-likeness (QED) is 0.221. The third kappa shape index (κ3) is 4.09. The summed E-state index contributed by atoms with van der Waals surface area (Å²) in [5.41, 5.74) is 8.72. The van der Waals surface area contributed by atoms with Gasteiger partial charge in [0.1, 0.15) is 0 Å². The van der Waals surface area contributed by atoms with Crippen molar-refractivity contribution in [3.63, 3.8) is 0 Å². The van der Waals surface area contributed by atoms with Gasteiger partial charge in [0.25, 0.3) is 0 Å². The Morgan fingerprint density at radius 2 is 2.00 bits per heavy atom. The molecule has 26 heavy (non-hydrogen) atoms. The highest BCUT2D eigenvalue weighted by Gasteiger charge is 2.49. The molecule has 0 radical (unpaired) electrons. The molecule has 0 bridgehead atoms. The smallest absolute Gasteiger partial charge is 0.226 e. The van der Waals surface area contributed by atoms with E-state index in [-0.39, 0.29) is 15.7 Å². The third-order valence-corrected chi connectivity index (χ3v) is 6.96. The lowest BCUT2D eigenvalue weighted by Crippen LogP contribution is -2.49.